The molecule has 23 heavy (non-hydrogen) atoms. The molecule has 1 aliphatic rings. The molecule has 1 saturated heterocycles. The highest BCUT2D eigenvalue weighted by molar-refractivity contribution is 5.71. The molecular weight excluding hydrogens is 286 g/mol. The van der Waals surface area contributed by atoms with Crippen molar-refractivity contribution < 1.29 is 0 Å². The first-order chi connectivity index (χ1) is 11.1. The summed E-state index contributed by atoms with van der Waals surface area (Å²) in [6.45, 7) is 8.90. The SMILES string of the molecule is CC(C)N1CCC(c2nc3cccnc3n2CCN(C)C)CC1. The van der Waals surface area contributed by atoms with Crippen LogP contribution in [0.15, 0.2) is 18.3 Å². The predicted octanol–water partition coefficient (Wildman–Crippen LogP) is 2.58. The van der Waals surface area contributed by atoms with Gasteiger partial charge in [-0.3, -0.25) is 0 Å². The Kier molecular flexibility index (Phi) is 4.97. The monoisotopic (exact) mass is 315 g/mol. The number of hydrogen-bond acceptors (Lipinski definition) is 4. The molecule has 3 rings (SSSR count). The fourth-order valence-corrected chi connectivity index (χ4v) is 3.48. The third-order valence-electron chi connectivity index (χ3n) is 4.93. The molecule has 0 aliphatic carbocycles. The van der Waals surface area contributed by atoms with Crippen LogP contribution in [0, 0.1) is 0 Å². The largest absolute Gasteiger partial charge is 0.311 e. The second-order valence-electron chi connectivity index (χ2n) is 7.18. The van der Waals surface area contributed by atoms with Crippen LogP contribution in [0.4, 0.5) is 0 Å². The number of aromatic nitrogens is 3. The highest BCUT2D eigenvalue weighted by atomic mass is 15.2. The van der Waals surface area contributed by atoms with E-state index >= 15 is 0 Å². The number of imidazole rings is 1. The van der Waals surface area contributed by atoms with E-state index in [1.165, 1.54) is 31.8 Å². The summed E-state index contributed by atoms with van der Waals surface area (Å²) in [5.41, 5.74) is 2.07. The van der Waals surface area contributed by atoms with E-state index in [0.29, 0.717) is 12.0 Å². The van der Waals surface area contributed by atoms with E-state index in [1.54, 1.807) is 0 Å². The summed E-state index contributed by atoms with van der Waals surface area (Å²) < 4.78 is 2.35. The molecule has 0 amide bonds. The van der Waals surface area contributed by atoms with E-state index in [1.807, 2.05) is 12.3 Å². The van der Waals surface area contributed by atoms with E-state index in [2.05, 4.69) is 53.4 Å². The summed E-state index contributed by atoms with van der Waals surface area (Å²) in [6, 6.07) is 4.71. The average Bonchev–Trinajstić information content (AvgIpc) is 2.91. The van der Waals surface area contributed by atoms with Gasteiger partial charge >= 0.3 is 0 Å². The first-order valence-electron chi connectivity index (χ1n) is 8.76. The highest BCUT2D eigenvalue weighted by Gasteiger charge is 2.26. The van der Waals surface area contributed by atoms with E-state index in [9.17, 15) is 0 Å². The standard InChI is InChI=1S/C18H29N5/c1-14(2)22-10-7-15(8-11-22)17-20-16-6-5-9-19-18(16)23(17)13-12-21(3)4/h5-6,9,14-15H,7-8,10-13H2,1-4H3. The number of rotatable bonds is 5. The minimum Gasteiger partial charge on any atom is -0.311 e. The quantitative estimate of drug-likeness (QED) is 0.850. The van der Waals surface area contributed by atoms with Crippen LogP contribution < -0.4 is 0 Å². The maximum Gasteiger partial charge on any atom is 0.160 e. The summed E-state index contributed by atoms with van der Waals surface area (Å²) in [4.78, 5) is 14.3. The minimum absolute atomic E-state index is 0.557. The molecular formula is C18H29N5. The third-order valence-corrected chi connectivity index (χ3v) is 4.93. The van der Waals surface area contributed by atoms with Crippen molar-refractivity contribution >= 4 is 11.2 Å². The Labute approximate surface area is 139 Å². The Balaban J connectivity index is 1.86. The minimum atomic E-state index is 0.557. The lowest BCUT2D eigenvalue weighted by Crippen LogP contribution is -2.38. The number of hydrogen-bond donors (Lipinski definition) is 0. The van der Waals surface area contributed by atoms with Gasteiger partial charge in [-0.05, 0) is 66.0 Å². The van der Waals surface area contributed by atoms with Crippen LogP contribution in [0.2, 0.25) is 0 Å². The Morgan fingerprint density at radius 3 is 2.65 bits per heavy atom. The van der Waals surface area contributed by atoms with Crippen LogP contribution in [0.25, 0.3) is 11.2 Å². The summed E-state index contributed by atoms with van der Waals surface area (Å²) in [6.07, 6.45) is 4.27. The second kappa shape index (κ2) is 6.97. The molecule has 0 spiro atoms. The molecule has 0 aromatic carbocycles. The molecule has 1 fully saturated rings. The van der Waals surface area contributed by atoms with Crippen LogP contribution in [0.5, 0.6) is 0 Å². The van der Waals surface area contributed by atoms with Gasteiger partial charge in [-0.1, -0.05) is 0 Å². The lowest BCUT2D eigenvalue weighted by Gasteiger charge is -2.34. The lowest BCUT2D eigenvalue weighted by molar-refractivity contribution is 0.168. The number of likely N-dealkylation sites (tertiary alicyclic amines) is 1. The summed E-state index contributed by atoms with van der Waals surface area (Å²) in [7, 11) is 4.24. The lowest BCUT2D eigenvalue weighted by atomic mass is 9.95. The van der Waals surface area contributed by atoms with Crippen molar-refractivity contribution in [2.45, 2.75) is 45.2 Å². The average molecular weight is 315 g/mol. The summed E-state index contributed by atoms with van der Waals surface area (Å²) >= 11 is 0. The van der Waals surface area contributed by atoms with Crippen molar-refractivity contribution in [3.8, 4) is 0 Å². The van der Waals surface area contributed by atoms with E-state index < -0.39 is 0 Å². The van der Waals surface area contributed by atoms with Gasteiger partial charge in [0.1, 0.15) is 11.3 Å². The first kappa shape index (κ1) is 16.4. The van der Waals surface area contributed by atoms with Crippen molar-refractivity contribution in [3.63, 3.8) is 0 Å². The molecule has 0 N–H and O–H groups in total. The van der Waals surface area contributed by atoms with E-state index in [-0.39, 0.29) is 0 Å². The van der Waals surface area contributed by atoms with Gasteiger partial charge in [0.25, 0.3) is 0 Å². The van der Waals surface area contributed by atoms with Crippen LogP contribution in [0.1, 0.15) is 38.4 Å². The molecule has 5 nitrogen and oxygen atoms in total. The van der Waals surface area contributed by atoms with Crippen molar-refractivity contribution in [2.24, 2.45) is 0 Å². The molecule has 2 aromatic heterocycles. The maximum absolute atomic E-state index is 4.95. The zero-order valence-corrected chi connectivity index (χ0v) is 14.9. The fourth-order valence-electron chi connectivity index (χ4n) is 3.48. The molecule has 5 heteroatoms. The van der Waals surface area contributed by atoms with Crippen molar-refractivity contribution in [1.82, 2.24) is 24.3 Å². The Bertz CT molecular complexity index is 638. The van der Waals surface area contributed by atoms with Crippen LogP contribution in [-0.4, -0.2) is 64.1 Å². The number of nitrogens with zero attached hydrogens (tertiary/aromatic N) is 5. The topological polar surface area (TPSA) is 37.2 Å². The zero-order chi connectivity index (χ0) is 16.4. The molecule has 0 bridgehead atoms. The second-order valence-corrected chi connectivity index (χ2v) is 7.18. The van der Waals surface area contributed by atoms with Gasteiger partial charge < -0.3 is 14.4 Å². The summed E-state index contributed by atoms with van der Waals surface area (Å²) in [5, 5.41) is 0. The van der Waals surface area contributed by atoms with Gasteiger partial charge in [-0.2, -0.15) is 0 Å². The molecule has 0 radical (unpaired) electrons. The van der Waals surface area contributed by atoms with Gasteiger partial charge in [-0.15, -0.1) is 0 Å². The highest BCUT2D eigenvalue weighted by Crippen LogP contribution is 2.30. The van der Waals surface area contributed by atoms with E-state index in [0.717, 1.165) is 24.3 Å². The normalized spacial score (nSPS) is 17.7. The smallest absolute Gasteiger partial charge is 0.160 e. The summed E-state index contributed by atoms with van der Waals surface area (Å²) in [5.74, 6) is 1.80. The van der Waals surface area contributed by atoms with Gasteiger partial charge in [0.05, 0.1) is 0 Å². The Morgan fingerprint density at radius 2 is 2.00 bits per heavy atom. The fraction of sp³-hybridized carbons (Fsp3) is 0.667. The van der Waals surface area contributed by atoms with E-state index in [4.69, 9.17) is 4.98 Å². The Hall–Kier alpha value is -1.46. The molecule has 2 aromatic rings. The van der Waals surface area contributed by atoms with Gasteiger partial charge in [0, 0.05) is 31.2 Å². The van der Waals surface area contributed by atoms with Crippen LogP contribution >= 0.6 is 0 Å². The predicted molar refractivity (Wildman–Crippen MR) is 94.8 cm³/mol. The van der Waals surface area contributed by atoms with Gasteiger partial charge in [0.15, 0.2) is 5.65 Å². The number of pyridine rings is 1. The Morgan fingerprint density at radius 1 is 1.26 bits per heavy atom. The zero-order valence-electron chi connectivity index (χ0n) is 14.9. The van der Waals surface area contributed by atoms with Gasteiger partial charge in [0.2, 0.25) is 0 Å². The van der Waals surface area contributed by atoms with Crippen molar-refractivity contribution in [2.75, 3.05) is 33.7 Å². The van der Waals surface area contributed by atoms with Crippen molar-refractivity contribution in [1.29, 1.82) is 0 Å². The molecule has 3 heterocycles. The number of likely N-dealkylation sites (N-methyl/N-ethyl adjacent to an activating group) is 1. The maximum atomic E-state index is 4.95. The molecule has 0 unspecified atom stereocenters. The van der Waals surface area contributed by atoms with Crippen LogP contribution in [-0.2, 0) is 6.54 Å². The molecule has 0 saturated carbocycles. The van der Waals surface area contributed by atoms with Crippen molar-refractivity contribution in [3.05, 3.63) is 24.2 Å². The van der Waals surface area contributed by atoms with Crippen LogP contribution in [0.3, 0.4) is 0 Å². The number of piperidine rings is 1. The number of fused-ring (bicyclic) bond motifs is 1. The molecule has 0 atom stereocenters. The first-order valence-corrected chi connectivity index (χ1v) is 8.76. The van der Waals surface area contributed by atoms with Gasteiger partial charge in [-0.25, -0.2) is 9.97 Å². The molecule has 126 valence electrons. The molecule has 1 aliphatic heterocycles. The third kappa shape index (κ3) is 3.56.